The number of carbonyl (C=O) groups is 3. The summed E-state index contributed by atoms with van der Waals surface area (Å²) in [6.07, 6.45) is 12.9. The molecule has 1 heterocycles. The standard InChI is InChI=1S/C47H95N9O12Si2.C4H10O3Si/c1-8-15-22-31-48-42(57)49-32-23-16-19-26-37-54-45(60)55(38-27-20-17-24-33-50-43(58)52-35-29-40-69(63-9-2,64-10-3)65-11-4)47(62)56(46(54)61)39-28-21-18-25-34-51-44(59)53-36-30-41-70(66-12-5,67-13-6)68-14-7;1-3-6-8(5)7-4-2/h8-41H2,1-7H3,(H2,48,49,57)(H2,50,52,58)(H2,51,53,59);3-4H2,1-2H3. The Balaban J connectivity index is 0.00000681. The summed E-state index contributed by atoms with van der Waals surface area (Å²) in [5.74, 6) is 0. The molecule has 0 radical (unpaired) electrons. The minimum Gasteiger partial charge on any atom is -0.496 e. The Hall–Kier alpha value is -3.97. The van der Waals surface area contributed by atoms with E-state index in [1.54, 1.807) is 13.8 Å². The highest BCUT2D eigenvalue weighted by molar-refractivity contribution is 6.61. The van der Waals surface area contributed by atoms with Crippen molar-refractivity contribution in [3.63, 3.8) is 0 Å². The van der Waals surface area contributed by atoms with Crippen LogP contribution in [0.5, 0.6) is 0 Å². The Labute approximate surface area is 469 Å². The molecule has 6 N–H and O–H groups in total. The van der Waals surface area contributed by atoms with Crippen molar-refractivity contribution >= 4 is 44.9 Å². The van der Waals surface area contributed by atoms with Gasteiger partial charge in [-0.25, -0.2) is 42.5 Å². The maximum atomic E-state index is 13.7. The quantitative estimate of drug-likeness (QED) is 0.0309. The van der Waals surface area contributed by atoms with Crippen LogP contribution in [-0.2, 0) is 59.5 Å². The number of urea groups is 3. The molecule has 0 saturated heterocycles. The second-order valence-corrected chi connectivity index (χ2v) is 24.6. The number of nitrogens with zero attached hydrogens (tertiary/aromatic N) is 3. The van der Waals surface area contributed by atoms with Crippen LogP contribution in [0.3, 0.4) is 0 Å². The molecule has 0 aliphatic rings. The zero-order valence-corrected chi connectivity index (χ0v) is 52.4. The summed E-state index contributed by atoms with van der Waals surface area (Å²) in [6, 6.07) is 0.546. The highest BCUT2D eigenvalue weighted by atomic mass is 28.4. The average Bonchev–Trinajstić information content (AvgIpc) is 3.40. The molecule has 0 aliphatic heterocycles. The average molecular weight is 1170 g/mol. The van der Waals surface area contributed by atoms with E-state index < -0.39 is 43.8 Å². The molecule has 0 unspecified atom stereocenters. The number of unbranched alkanes of at least 4 members (excludes halogenated alkanes) is 11. The van der Waals surface area contributed by atoms with E-state index in [0.717, 1.165) is 77.0 Å². The number of hydrogen-bond acceptors (Lipinski definition) is 15. The van der Waals surface area contributed by atoms with E-state index >= 15 is 0 Å². The van der Waals surface area contributed by atoms with E-state index in [9.17, 15) is 33.2 Å². The first-order valence-corrected chi connectivity index (χ1v) is 34.4. The first-order chi connectivity index (χ1) is 37.7. The monoisotopic (exact) mass is 1170 g/mol. The van der Waals surface area contributed by atoms with Crippen LogP contribution in [0.15, 0.2) is 14.4 Å². The van der Waals surface area contributed by atoms with Gasteiger partial charge in [0.2, 0.25) is 0 Å². The predicted octanol–water partition coefficient (Wildman–Crippen LogP) is 6.29. The first kappa shape index (κ1) is 74.0. The molecule has 24 nitrogen and oxygen atoms in total. The lowest BCUT2D eigenvalue weighted by molar-refractivity contribution is 0.0700. The van der Waals surface area contributed by atoms with Gasteiger partial charge in [-0.1, -0.05) is 58.3 Å². The van der Waals surface area contributed by atoms with E-state index in [-0.39, 0.29) is 37.7 Å². The smallest absolute Gasteiger partial charge is 0.496 e. The summed E-state index contributed by atoms with van der Waals surface area (Å²) >= 11 is 0. The van der Waals surface area contributed by atoms with Crippen LogP contribution in [0.4, 0.5) is 14.4 Å². The van der Waals surface area contributed by atoms with Crippen LogP contribution in [0.1, 0.15) is 171 Å². The molecule has 1 aromatic heterocycles. The van der Waals surface area contributed by atoms with Gasteiger partial charge >= 0.3 is 61.9 Å². The summed E-state index contributed by atoms with van der Waals surface area (Å²) in [5, 5.41) is 17.3. The number of carbonyl (C=O) groups excluding carboxylic acids is 3. The topological polar surface area (TPSA) is 280 Å². The van der Waals surface area contributed by atoms with Crippen LogP contribution in [0, 0.1) is 0 Å². The van der Waals surface area contributed by atoms with Gasteiger partial charge < -0.3 is 67.3 Å². The third kappa shape index (κ3) is 34.9. The molecular formula is C51H105N9O15Si3. The molecule has 0 saturated carbocycles. The van der Waals surface area contributed by atoms with Crippen LogP contribution < -0.4 is 49.0 Å². The van der Waals surface area contributed by atoms with Crippen molar-refractivity contribution in [1.82, 2.24) is 45.6 Å². The maximum Gasteiger partial charge on any atom is 0.767 e. The van der Waals surface area contributed by atoms with Crippen LogP contribution in [-0.4, -0.2) is 151 Å². The SMILES string of the molecule is CCCCCNC(=O)NCCCCCCn1c(=O)n(CCCCCCNC(=O)NCCC[Si](OCC)(OCC)OCC)c(=O)n(CCCCCCNC(=O)NCCC[Si](OCC)(OCC)OCC)c1=O.CCO[Si](=O)OCC. The van der Waals surface area contributed by atoms with E-state index in [0.29, 0.717) is 136 Å². The predicted molar refractivity (Wildman–Crippen MR) is 308 cm³/mol. The summed E-state index contributed by atoms with van der Waals surface area (Å²) in [4.78, 5) is 77.9. The molecule has 27 heteroatoms. The van der Waals surface area contributed by atoms with Gasteiger partial charge in [0.15, 0.2) is 0 Å². The van der Waals surface area contributed by atoms with Crippen molar-refractivity contribution in [2.75, 3.05) is 92.1 Å². The fourth-order valence-corrected chi connectivity index (χ4v) is 13.9. The van der Waals surface area contributed by atoms with E-state index in [2.05, 4.69) is 47.7 Å². The summed E-state index contributed by atoms with van der Waals surface area (Å²) < 4.78 is 58.5. The summed E-state index contributed by atoms with van der Waals surface area (Å²) in [6.45, 7) is 24.7. The number of aromatic nitrogens is 3. The third-order valence-electron chi connectivity index (χ3n) is 11.8. The normalized spacial score (nSPS) is 11.3. The van der Waals surface area contributed by atoms with Gasteiger partial charge in [-0.05, 0) is 113 Å². The molecule has 0 spiro atoms. The first-order valence-electron chi connectivity index (χ1n) is 29.4. The molecule has 0 aliphatic carbocycles. The number of nitrogens with one attached hydrogen (secondary N) is 6. The zero-order chi connectivity index (χ0) is 58.1. The van der Waals surface area contributed by atoms with Crippen LogP contribution in [0.25, 0.3) is 0 Å². The highest BCUT2D eigenvalue weighted by Crippen LogP contribution is 2.19. The Morgan fingerprint density at radius 2 is 0.603 bits per heavy atom. The van der Waals surface area contributed by atoms with Crippen molar-refractivity contribution in [3.05, 3.63) is 31.5 Å². The maximum absolute atomic E-state index is 13.7. The molecule has 6 amide bonds. The third-order valence-corrected chi connectivity index (χ3v) is 19.2. The fraction of sp³-hybridized carbons (Fsp3) is 0.882. The lowest BCUT2D eigenvalue weighted by Crippen LogP contribution is -2.54. The van der Waals surface area contributed by atoms with E-state index in [1.807, 2.05) is 41.5 Å². The zero-order valence-electron chi connectivity index (χ0n) is 49.4. The van der Waals surface area contributed by atoms with Gasteiger partial charge in [-0.15, -0.1) is 0 Å². The van der Waals surface area contributed by atoms with Gasteiger partial charge in [0.25, 0.3) is 0 Å². The van der Waals surface area contributed by atoms with Gasteiger partial charge in [-0.2, -0.15) is 0 Å². The number of hydrogen-bond donors (Lipinski definition) is 6. The second kappa shape index (κ2) is 48.9. The molecule has 78 heavy (non-hydrogen) atoms. The molecule has 1 rings (SSSR count). The lowest BCUT2D eigenvalue weighted by Gasteiger charge is -2.28. The van der Waals surface area contributed by atoms with Crippen molar-refractivity contribution < 1.29 is 54.3 Å². The highest BCUT2D eigenvalue weighted by Gasteiger charge is 2.40. The lowest BCUT2D eigenvalue weighted by atomic mass is 10.2. The van der Waals surface area contributed by atoms with Crippen molar-refractivity contribution in [2.45, 2.75) is 203 Å². The molecule has 0 atom stereocenters. The minimum absolute atomic E-state index is 0.172. The van der Waals surface area contributed by atoms with E-state index in [4.69, 9.17) is 26.6 Å². The Kier molecular flexibility index (Phi) is 46.4. The molecular weight excluding hydrogens is 1060 g/mol. The van der Waals surface area contributed by atoms with Crippen LogP contribution >= 0.6 is 0 Å². The Morgan fingerprint density at radius 1 is 0.359 bits per heavy atom. The second-order valence-electron chi connectivity index (χ2n) is 18.1. The van der Waals surface area contributed by atoms with Crippen molar-refractivity contribution in [2.24, 2.45) is 0 Å². The molecule has 0 bridgehead atoms. The molecule has 0 aromatic carbocycles. The van der Waals surface area contributed by atoms with Gasteiger partial charge in [-0.3, -0.25) is 4.46 Å². The van der Waals surface area contributed by atoms with Gasteiger partial charge in [0.1, 0.15) is 0 Å². The molecule has 0 fully saturated rings. The fourth-order valence-electron chi connectivity index (χ4n) is 8.17. The molecule has 456 valence electrons. The van der Waals surface area contributed by atoms with Crippen molar-refractivity contribution in [1.29, 1.82) is 0 Å². The van der Waals surface area contributed by atoms with Crippen molar-refractivity contribution in [3.8, 4) is 0 Å². The Bertz CT molecular complexity index is 1760. The van der Waals surface area contributed by atoms with Gasteiger partial charge in [0.05, 0.1) is 13.2 Å². The number of amides is 6. The van der Waals surface area contributed by atoms with Gasteiger partial charge in [0, 0.05) is 111 Å². The minimum atomic E-state index is -2.76. The van der Waals surface area contributed by atoms with E-state index in [1.165, 1.54) is 13.7 Å². The molecule has 1 aromatic rings. The van der Waals surface area contributed by atoms with Crippen LogP contribution in [0.2, 0.25) is 12.1 Å². The summed E-state index contributed by atoms with van der Waals surface area (Å²) in [5.41, 5.74) is -1.80. The Morgan fingerprint density at radius 3 is 0.846 bits per heavy atom. The largest absolute Gasteiger partial charge is 0.767 e. The number of rotatable bonds is 49. The summed E-state index contributed by atoms with van der Waals surface area (Å²) in [7, 11) is -7.66.